The molecule has 1 amide bonds. The van der Waals surface area contributed by atoms with Gasteiger partial charge < -0.3 is 14.2 Å². The molecule has 3 aromatic carbocycles. The van der Waals surface area contributed by atoms with Gasteiger partial charge in [-0.1, -0.05) is 63.6 Å². The SMILES string of the molecule is CC(C)N(Cc1nc(-c2ccccc2)no1)C(=O)COc1ccc2cc(Br)ccc2c1. The Kier molecular flexibility index (Phi) is 6.32. The van der Waals surface area contributed by atoms with Gasteiger partial charge >= 0.3 is 0 Å². The molecule has 0 bridgehead atoms. The highest BCUT2D eigenvalue weighted by atomic mass is 79.9. The molecule has 6 nitrogen and oxygen atoms in total. The molecule has 0 saturated heterocycles. The van der Waals surface area contributed by atoms with Gasteiger partial charge in [-0.25, -0.2) is 0 Å². The average Bonchev–Trinajstić information content (AvgIpc) is 3.25. The standard InChI is InChI=1S/C24H22BrN3O3/c1-16(2)28(14-22-26-24(27-31-22)17-6-4-3-5-7-17)23(29)15-30-21-11-9-18-12-20(25)10-8-19(18)13-21/h3-13,16H,14-15H2,1-2H3. The highest BCUT2D eigenvalue weighted by Gasteiger charge is 2.21. The van der Waals surface area contributed by atoms with Crippen LogP contribution in [0.4, 0.5) is 0 Å². The number of carbonyl (C=O) groups excluding carboxylic acids is 1. The van der Waals surface area contributed by atoms with Crippen LogP contribution >= 0.6 is 15.9 Å². The summed E-state index contributed by atoms with van der Waals surface area (Å²) in [6.07, 6.45) is 0. The van der Waals surface area contributed by atoms with Gasteiger partial charge in [0.2, 0.25) is 11.7 Å². The molecular formula is C24H22BrN3O3. The molecule has 0 aliphatic carbocycles. The van der Waals surface area contributed by atoms with E-state index in [1.807, 2.05) is 80.6 Å². The van der Waals surface area contributed by atoms with Crippen molar-refractivity contribution in [2.45, 2.75) is 26.4 Å². The summed E-state index contributed by atoms with van der Waals surface area (Å²) in [5, 5.41) is 6.18. The van der Waals surface area contributed by atoms with E-state index in [1.54, 1.807) is 4.90 Å². The van der Waals surface area contributed by atoms with Gasteiger partial charge in [-0.05, 0) is 48.9 Å². The minimum absolute atomic E-state index is 0.0443. The highest BCUT2D eigenvalue weighted by Crippen LogP contribution is 2.24. The number of aromatic nitrogens is 2. The van der Waals surface area contributed by atoms with E-state index in [-0.39, 0.29) is 25.1 Å². The van der Waals surface area contributed by atoms with E-state index in [0.29, 0.717) is 17.5 Å². The van der Waals surface area contributed by atoms with Gasteiger partial charge in [0, 0.05) is 16.1 Å². The smallest absolute Gasteiger partial charge is 0.261 e. The quantitative estimate of drug-likeness (QED) is 0.351. The number of carbonyl (C=O) groups is 1. The summed E-state index contributed by atoms with van der Waals surface area (Å²) in [4.78, 5) is 18.9. The molecule has 0 N–H and O–H groups in total. The zero-order valence-corrected chi connectivity index (χ0v) is 18.9. The van der Waals surface area contributed by atoms with Crippen LogP contribution in [0.15, 0.2) is 75.7 Å². The van der Waals surface area contributed by atoms with Crippen molar-refractivity contribution in [3.63, 3.8) is 0 Å². The maximum atomic E-state index is 12.9. The number of rotatable bonds is 7. The molecule has 0 fully saturated rings. The first kappa shape index (κ1) is 21.1. The molecular weight excluding hydrogens is 458 g/mol. The minimum Gasteiger partial charge on any atom is -0.484 e. The van der Waals surface area contributed by atoms with E-state index in [4.69, 9.17) is 9.26 Å². The molecule has 0 radical (unpaired) electrons. The fourth-order valence-corrected chi connectivity index (χ4v) is 3.62. The van der Waals surface area contributed by atoms with Crippen molar-refractivity contribution in [2.24, 2.45) is 0 Å². The van der Waals surface area contributed by atoms with Crippen LogP contribution in [0.3, 0.4) is 0 Å². The van der Waals surface area contributed by atoms with Gasteiger partial charge in [0.1, 0.15) is 12.3 Å². The molecule has 0 spiro atoms. The van der Waals surface area contributed by atoms with Gasteiger partial charge in [-0.15, -0.1) is 0 Å². The van der Waals surface area contributed by atoms with Crippen molar-refractivity contribution >= 4 is 32.6 Å². The van der Waals surface area contributed by atoms with Crippen LogP contribution in [0.25, 0.3) is 22.2 Å². The van der Waals surface area contributed by atoms with Gasteiger partial charge in [0.25, 0.3) is 5.91 Å². The second-order valence-electron chi connectivity index (χ2n) is 7.44. The van der Waals surface area contributed by atoms with Crippen LogP contribution in [0.1, 0.15) is 19.7 Å². The first-order chi connectivity index (χ1) is 15.0. The predicted octanol–water partition coefficient (Wildman–Crippen LogP) is 5.47. The lowest BCUT2D eigenvalue weighted by Crippen LogP contribution is -2.39. The topological polar surface area (TPSA) is 68.5 Å². The van der Waals surface area contributed by atoms with E-state index >= 15 is 0 Å². The Hall–Kier alpha value is -3.19. The van der Waals surface area contributed by atoms with E-state index < -0.39 is 0 Å². The van der Waals surface area contributed by atoms with Crippen molar-refractivity contribution in [2.75, 3.05) is 6.61 Å². The molecule has 0 aliphatic heterocycles. The molecule has 0 saturated carbocycles. The van der Waals surface area contributed by atoms with Crippen LogP contribution in [-0.4, -0.2) is 33.6 Å². The number of nitrogens with zero attached hydrogens (tertiary/aromatic N) is 3. The zero-order chi connectivity index (χ0) is 21.8. The number of benzene rings is 3. The van der Waals surface area contributed by atoms with Crippen molar-refractivity contribution in [3.8, 4) is 17.1 Å². The molecule has 0 aliphatic rings. The molecule has 158 valence electrons. The maximum absolute atomic E-state index is 12.9. The number of hydrogen-bond acceptors (Lipinski definition) is 5. The lowest BCUT2D eigenvalue weighted by atomic mass is 10.1. The molecule has 7 heteroatoms. The highest BCUT2D eigenvalue weighted by molar-refractivity contribution is 9.10. The average molecular weight is 480 g/mol. The van der Waals surface area contributed by atoms with Crippen molar-refractivity contribution in [3.05, 3.63) is 77.1 Å². The van der Waals surface area contributed by atoms with Gasteiger partial charge in [-0.3, -0.25) is 4.79 Å². The second kappa shape index (κ2) is 9.31. The van der Waals surface area contributed by atoms with Crippen LogP contribution in [-0.2, 0) is 11.3 Å². The third-order valence-corrected chi connectivity index (χ3v) is 5.38. The summed E-state index contributed by atoms with van der Waals surface area (Å²) in [6, 6.07) is 21.3. The van der Waals surface area contributed by atoms with Crippen molar-refractivity contribution < 1.29 is 14.1 Å². The van der Waals surface area contributed by atoms with Gasteiger partial charge in [-0.2, -0.15) is 4.98 Å². The molecule has 1 aromatic heterocycles. The summed E-state index contributed by atoms with van der Waals surface area (Å²) in [5.74, 6) is 1.39. The maximum Gasteiger partial charge on any atom is 0.261 e. The Bertz CT molecular complexity index is 1190. The van der Waals surface area contributed by atoms with Gasteiger partial charge in [0.15, 0.2) is 6.61 Å². The van der Waals surface area contributed by atoms with Crippen LogP contribution < -0.4 is 4.74 Å². The molecule has 1 heterocycles. The Morgan fingerprint density at radius 2 is 1.81 bits per heavy atom. The van der Waals surface area contributed by atoms with Crippen LogP contribution in [0, 0.1) is 0 Å². The van der Waals surface area contributed by atoms with Crippen molar-refractivity contribution in [1.29, 1.82) is 0 Å². The Morgan fingerprint density at radius 3 is 2.58 bits per heavy atom. The monoisotopic (exact) mass is 479 g/mol. The normalized spacial score (nSPS) is 11.1. The number of halogens is 1. The first-order valence-electron chi connectivity index (χ1n) is 9.99. The summed E-state index contributed by atoms with van der Waals surface area (Å²) in [6.45, 7) is 4.05. The molecule has 0 unspecified atom stereocenters. The minimum atomic E-state index is -0.148. The number of amides is 1. The van der Waals surface area contributed by atoms with Gasteiger partial charge in [0.05, 0.1) is 0 Å². The zero-order valence-electron chi connectivity index (χ0n) is 17.3. The first-order valence-corrected chi connectivity index (χ1v) is 10.8. The Labute approximate surface area is 189 Å². The Balaban J connectivity index is 1.42. The third kappa shape index (κ3) is 5.11. The van der Waals surface area contributed by atoms with E-state index in [9.17, 15) is 4.79 Å². The third-order valence-electron chi connectivity index (χ3n) is 4.89. The van der Waals surface area contributed by atoms with Crippen LogP contribution in [0.5, 0.6) is 5.75 Å². The summed E-state index contributed by atoms with van der Waals surface area (Å²) in [5.41, 5.74) is 0.867. The number of hydrogen-bond donors (Lipinski definition) is 0. The number of fused-ring (bicyclic) bond motifs is 1. The lowest BCUT2D eigenvalue weighted by molar-refractivity contribution is -0.136. The van der Waals surface area contributed by atoms with E-state index in [0.717, 1.165) is 20.8 Å². The summed E-state index contributed by atoms with van der Waals surface area (Å²) < 4.78 is 12.2. The summed E-state index contributed by atoms with van der Waals surface area (Å²) >= 11 is 3.47. The molecule has 0 atom stereocenters. The second-order valence-corrected chi connectivity index (χ2v) is 8.35. The van der Waals surface area contributed by atoms with E-state index in [1.165, 1.54) is 0 Å². The fourth-order valence-electron chi connectivity index (χ4n) is 3.24. The predicted molar refractivity (Wildman–Crippen MR) is 123 cm³/mol. The lowest BCUT2D eigenvalue weighted by Gasteiger charge is -2.25. The largest absolute Gasteiger partial charge is 0.484 e. The van der Waals surface area contributed by atoms with E-state index in [2.05, 4.69) is 26.1 Å². The molecule has 31 heavy (non-hydrogen) atoms. The molecule has 4 rings (SSSR count). The summed E-state index contributed by atoms with van der Waals surface area (Å²) in [7, 11) is 0. The number of ether oxygens (including phenoxy) is 1. The Morgan fingerprint density at radius 1 is 1.06 bits per heavy atom. The van der Waals surface area contributed by atoms with Crippen LogP contribution in [0.2, 0.25) is 0 Å². The molecule has 4 aromatic rings. The fraction of sp³-hybridized carbons (Fsp3) is 0.208. The van der Waals surface area contributed by atoms with Crippen molar-refractivity contribution in [1.82, 2.24) is 15.0 Å².